The van der Waals surface area contributed by atoms with Crippen molar-refractivity contribution < 1.29 is 41.7 Å². The molecule has 0 aliphatic heterocycles. The van der Waals surface area contributed by atoms with Crippen LogP contribution in [0, 0.1) is 30.4 Å². The van der Waals surface area contributed by atoms with E-state index in [1.807, 2.05) is 45.2 Å². The Morgan fingerprint density at radius 2 is 1.28 bits per heavy atom. The first-order valence-corrected chi connectivity index (χ1v) is 18.0. The number of benzene rings is 4. The number of ketones is 1. The van der Waals surface area contributed by atoms with Crippen LogP contribution in [0.3, 0.4) is 0 Å². The molecule has 0 saturated heterocycles. The van der Waals surface area contributed by atoms with Crippen LogP contribution in [0.25, 0.3) is 20.4 Å². The van der Waals surface area contributed by atoms with Gasteiger partial charge in [-0.1, -0.05) is 27.7 Å². The Bertz CT molecular complexity index is 2230. The van der Waals surface area contributed by atoms with Crippen molar-refractivity contribution in [1.82, 2.24) is 19.2 Å². The van der Waals surface area contributed by atoms with Gasteiger partial charge in [-0.05, 0) is 116 Å². The van der Waals surface area contributed by atoms with Crippen LogP contribution in [-0.4, -0.2) is 55.9 Å². The van der Waals surface area contributed by atoms with Gasteiger partial charge in [-0.3, -0.25) is 4.79 Å². The highest BCUT2D eigenvalue weighted by atomic mass is 127. The quantitative estimate of drug-likeness (QED) is 0.0424. The summed E-state index contributed by atoms with van der Waals surface area (Å²) in [6.07, 6.45) is 1.03. The van der Waals surface area contributed by atoms with Crippen molar-refractivity contribution in [3.05, 3.63) is 125 Å². The van der Waals surface area contributed by atoms with Crippen molar-refractivity contribution in [2.75, 3.05) is 19.8 Å². The molecular weight excluding hydrogens is 926 g/mol. The Morgan fingerprint density at radius 1 is 0.780 bits per heavy atom. The number of Topliss-reactive ketones (excluding diaryl/α,β-unsaturated/α-hetero) is 1. The normalized spacial score (nSPS) is 11.0. The molecule has 6 rings (SSSR count). The second kappa shape index (κ2) is 17.0. The molecule has 0 atom stereocenters. The Balaban J connectivity index is 0.000000200. The van der Waals surface area contributed by atoms with Gasteiger partial charge in [-0.15, -0.1) is 10.2 Å². The molecule has 0 saturated carbocycles. The third-order valence-corrected chi connectivity index (χ3v) is 9.85. The van der Waals surface area contributed by atoms with Crippen molar-refractivity contribution >= 4 is 100 Å². The first-order valence-electron chi connectivity index (χ1n) is 14.3. The summed E-state index contributed by atoms with van der Waals surface area (Å²) in [6.45, 7) is 3.60. The lowest BCUT2D eigenvalue weighted by Gasteiger charge is -2.12. The second-order valence-electron chi connectivity index (χ2n) is 10.3. The Morgan fingerprint density at radius 3 is 1.76 bits per heavy atom. The van der Waals surface area contributed by atoms with Gasteiger partial charge in [0.1, 0.15) is 35.9 Å². The summed E-state index contributed by atoms with van der Waals surface area (Å²) >= 11 is 5.86. The van der Waals surface area contributed by atoms with Gasteiger partial charge in [-0.25, -0.2) is 22.4 Å². The van der Waals surface area contributed by atoms with Crippen LogP contribution in [-0.2, 0) is 22.3 Å². The first-order chi connectivity index (χ1) is 24.0. The second-order valence-corrected chi connectivity index (χ2v) is 14.4. The third-order valence-electron chi connectivity index (χ3n) is 7.17. The number of nitrogens with zero attached hydrogens (tertiary/aromatic N) is 4. The van der Waals surface area contributed by atoms with Gasteiger partial charge in [0.2, 0.25) is 0 Å². The topological polar surface area (TPSA) is 124 Å². The van der Waals surface area contributed by atoms with E-state index in [1.54, 1.807) is 18.2 Å². The lowest BCUT2D eigenvalue weighted by Crippen LogP contribution is -2.15. The number of carbonyl (C=O) groups is 2. The molecule has 0 unspecified atom stereocenters. The summed E-state index contributed by atoms with van der Waals surface area (Å²) in [5, 5.41) is 16.7. The van der Waals surface area contributed by atoms with Crippen LogP contribution in [0.2, 0.25) is 0 Å². The zero-order valence-electron chi connectivity index (χ0n) is 25.4. The summed E-state index contributed by atoms with van der Waals surface area (Å²) < 4.78 is 77.6. The van der Waals surface area contributed by atoms with Crippen LogP contribution in [0.15, 0.2) is 61.4 Å². The lowest BCUT2D eigenvalue weighted by molar-refractivity contribution is 0.0637. The molecule has 2 heterocycles. The van der Waals surface area contributed by atoms with E-state index in [4.69, 9.17) is 9.47 Å². The van der Waals surface area contributed by atoms with E-state index in [0.29, 0.717) is 13.0 Å². The van der Waals surface area contributed by atoms with Crippen molar-refractivity contribution in [2.45, 2.75) is 12.8 Å². The number of hydrogen-bond acceptors (Lipinski definition) is 10. The molecule has 50 heavy (non-hydrogen) atoms. The van der Waals surface area contributed by atoms with Crippen molar-refractivity contribution in [1.29, 1.82) is 0 Å². The summed E-state index contributed by atoms with van der Waals surface area (Å²) in [4.78, 5) is 24.0. The zero-order chi connectivity index (χ0) is 35.9. The minimum atomic E-state index is -1.27. The number of rotatable bonds is 12. The number of fused-ring (bicyclic) bond motifs is 2. The van der Waals surface area contributed by atoms with Crippen molar-refractivity contribution in [3.8, 4) is 0 Å². The zero-order valence-corrected chi connectivity index (χ0v) is 31.3. The number of aromatic nitrogens is 4. The summed E-state index contributed by atoms with van der Waals surface area (Å²) in [7, 11) is 0. The predicted molar refractivity (Wildman–Crippen MR) is 197 cm³/mol. The molecule has 258 valence electrons. The molecule has 0 radical (unpaired) electrons. The van der Waals surface area contributed by atoms with E-state index in [2.05, 4.69) is 25.8 Å². The minimum Gasteiger partial charge on any atom is -0.499 e. The maximum atomic E-state index is 15.1. The fourth-order valence-electron chi connectivity index (χ4n) is 4.78. The molecule has 0 aliphatic rings. The molecule has 0 aliphatic carbocycles. The molecule has 9 nitrogen and oxygen atoms in total. The monoisotopic (exact) mass is 948 g/mol. The number of ether oxygens (including phenoxy) is 2. The summed E-state index contributed by atoms with van der Waals surface area (Å²) in [6, 6.07) is 12.0. The van der Waals surface area contributed by atoms with Gasteiger partial charge in [0, 0.05) is 36.7 Å². The number of carboxylic acids is 1. The van der Waals surface area contributed by atoms with Gasteiger partial charge in [-0.2, -0.15) is 0 Å². The molecule has 0 amide bonds. The van der Waals surface area contributed by atoms with E-state index < -0.39 is 35.0 Å². The van der Waals surface area contributed by atoms with Gasteiger partial charge < -0.3 is 14.6 Å². The highest BCUT2D eigenvalue weighted by Gasteiger charge is 2.23. The van der Waals surface area contributed by atoms with Gasteiger partial charge in [0.05, 0.1) is 27.8 Å². The Kier molecular flexibility index (Phi) is 12.8. The Labute approximate surface area is 316 Å². The maximum Gasteiger partial charge on any atom is 0.336 e. The largest absolute Gasteiger partial charge is 0.499 e. The van der Waals surface area contributed by atoms with Gasteiger partial charge >= 0.3 is 5.97 Å². The highest BCUT2D eigenvalue weighted by Crippen LogP contribution is 2.30. The fraction of sp³-hybridized carbons (Fsp3) is 0.152. The van der Waals surface area contributed by atoms with Gasteiger partial charge in [0.25, 0.3) is 0 Å². The van der Waals surface area contributed by atoms with E-state index in [1.165, 1.54) is 36.6 Å². The molecule has 0 bridgehead atoms. The standard InChI is InChI=1S/C19H15F2IN2O3S.C14H7F2IN2O2S/c1-2-26-5-6-27-10-16(25)13-9-17-19(23-24-28-17)18(21)14(13)7-11-3-4-12(22)8-15(11)20;15-10-4-7(17)2-1-6(10)3-8-9(14(20)21)5-11-13(12(8)16)18-19-22-11/h2-4,8-9H,1,5-7,10H2;1-2,4-5H,3H2,(H,20,21). The molecule has 0 spiro atoms. The molecule has 1 N–H and O–H groups in total. The maximum absolute atomic E-state index is 15.1. The van der Waals surface area contributed by atoms with Crippen molar-refractivity contribution in [2.24, 2.45) is 0 Å². The number of aromatic carboxylic acids is 1. The van der Waals surface area contributed by atoms with Crippen LogP contribution >= 0.6 is 68.2 Å². The fourth-order valence-corrected chi connectivity index (χ4v) is 6.88. The molecule has 6 aromatic rings. The minimum absolute atomic E-state index is 0.0101. The van der Waals surface area contributed by atoms with Crippen molar-refractivity contribution in [3.63, 3.8) is 0 Å². The van der Waals surface area contributed by atoms with Crippen LogP contribution in [0.5, 0.6) is 0 Å². The van der Waals surface area contributed by atoms with E-state index in [-0.39, 0.29) is 77.1 Å². The predicted octanol–water partition coefficient (Wildman–Crippen LogP) is 8.39. The smallest absolute Gasteiger partial charge is 0.336 e. The number of carbonyl (C=O) groups excluding carboxylic acids is 1. The van der Waals surface area contributed by atoms with Crippen LogP contribution in [0.1, 0.15) is 43.0 Å². The van der Waals surface area contributed by atoms with Gasteiger partial charge in [0.15, 0.2) is 17.4 Å². The first kappa shape index (κ1) is 37.6. The van der Waals surface area contributed by atoms with E-state index in [0.717, 1.165) is 26.6 Å². The molecule has 4 aromatic carbocycles. The average Bonchev–Trinajstić information content (AvgIpc) is 3.76. The molecule has 2 aromatic heterocycles. The molecule has 17 heteroatoms. The lowest BCUT2D eigenvalue weighted by atomic mass is 9.96. The summed E-state index contributed by atoms with van der Waals surface area (Å²) in [5.74, 6) is -4.06. The van der Waals surface area contributed by atoms with E-state index >= 15 is 4.39 Å². The molecular formula is C33H22F4I2N4O5S2. The number of halogens is 6. The van der Waals surface area contributed by atoms with Crippen LogP contribution < -0.4 is 0 Å². The van der Waals surface area contributed by atoms with Crippen LogP contribution in [0.4, 0.5) is 17.6 Å². The number of hydrogen-bond donors (Lipinski definition) is 1. The SMILES string of the molecule is C=COCCOCC(=O)c1cc2snnc2c(F)c1Cc1ccc(I)cc1F.O=C(O)c1cc2snnc2c(F)c1Cc1ccc(I)cc1F. The Hall–Kier alpha value is -3.66. The number of carboxylic acid groups (broad SMARTS) is 1. The van der Waals surface area contributed by atoms with E-state index in [9.17, 15) is 27.9 Å². The third kappa shape index (κ3) is 8.79. The average molecular weight is 948 g/mol. The molecule has 0 fully saturated rings. The highest BCUT2D eigenvalue weighted by molar-refractivity contribution is 14.1. The summed E-state index contributed by atoms with van der Waals surface area (Å²) in [5.41, 5.74) is 0.524.